The Labute approximate surface area is 139 Å². The molecule has 2 N–H and O–H groups in total. The van der Waals surface area contributed by atoms with E-state index in [0.717, 1.165) is 5.39 Å². The maximum atomic E-state index is 12.8. The Kier molecular flexibility index (Phi) is 4.13. The molecule has 1 amide bonds. The number of aliphatic carboxylic acids is 1. The van der Waals surface area contributed by atoms with Gasteiger partial charge < -0.3 is 15.0 Å². The van der Waals surface area contributed by atoms with Crippen LogP contribution in [0.25, 0.3) is 10.9 Å². The number of benzene rings is 1. The van der Waals surface area contributed by atoms with Crippen LogP contribution in [0, 0.1) is 5.41 Å². The lowest BCUT2D eigenvalue weighted by Gasteiger charge is -2.39. The molecule has 3 rings (SSSR count). The Morgan fingerprint density at radius 1 is 1.33 bits per heavy atom. The molecule has 6 heteroatoms. The number of piperidine rings is 1. The molecule has 0 unspecified atom stereocenters. The molecular weight excluding hydrogens is 308 g/mol. The van der Waals surface area contributed by atoms with Crippen LogP contribution in [0.15, 0.2) is 35.1 Å². The van der Waals surface area contributed by atoms with Gasteiger partial charge in [-0.2, -0.15) is 0 Å². The minimum absolute atomic E-state index is 0.0611. The third-order valence-electron chi connectivity index (χ3n) is 4.98. The van der Waals surface area contributed by atoms with Crippen molar-refractivity contribution in [3.63, 3.8) is 0 Å². The van der Waals surface area contributed by atoms with Gasteiger partial charge in [-0.05, 0) is 36.8 Å². The number of fused-ring (bicyclic) bond motifs is 1. The molecule has 6 nitrogen and oxygen atoms in total. The summed E-state index contributed by atoms with van der Waals surface area (Å²) in [4.78, 5) is 40.9. The molecule has 1 atom stereocenters. The number of pyridine rings is 1. The van der Waals surface area contributed by atoms with E-state index in [1.807, 2.05) is 25.1 Å². The van der Waals surface area contributed by atoms with Gasteiger partial charge in [0.25, 0.3) is 11.5 Å². The number of nitrogens with zero attached hydrogens (tertiary/aromatic N) is 1. The number of H-pyrrole nitrogens is 1. The lowest BCUT2D eigenvalue weighted by Crippen LogP contribution is -2.50. The topological polar surface area (TPSA) is 90.5 Å². The maximum Gasteiger partial charge on any atom is 0.311 e. The Hall–Kier alpha value is -2.63. The van der Waals surface area contributed by atoms with Crippen molar-refractivity contribution in [2.24, 2.45) is 5.41 Å². The zero-order valence-corrected chi connectivity index (χ0v) is 13.5. The van der Waals surface area contributed by atoms with Crippen LogP contribution in [0.2, 0.25) is 0 Å². The SMILES string of the molecule is CC[C@]1(C(=O)O)CCCN(C(=O)c2cc3ccccc3[nH]c2=O)C1. The van der Waals surface area contributed by atoms with Crippen LogP contribution >= 0.6 is 0 Å². The van der Waals surface area contributed by atoms with Crippen molar-refractivity contribution in [1.82, 2.24) is 9.88 Å². The van der Waals surface area contributed by atoms with Gasteiger partial charge in [0.15, 0.2) is 0 Å². The number of carbonyl (C=O) groups excluding carboxylic acids is 1. The van der Waals surface area contributed by atoms with Gasteiger partial charge in [0.05, 0.1) is 5.41 Å². The van der Waals surface area contributed by atoms with Gasteiger partial charge in [-0.3, -0.25) is 14.4 Å². The zero-order valence-electron chi connectivity index (χ0n) is 13.5. The van der Waals surface area contributed by atoms with E-state index in [4.69, 9.17) is 0 Å². The molecule has 24 heavy (non-hydrogen) atoms. The summed E-state index contributed by atoms with van der Waals surface area (Å²) in [7, 11) is 0. The van der Waals surface area contributed by atoms with Gasteiger partial charge in [-0.25, -0.2) is 0 Å². The molecule has 1 aromatic carbocycles. The average molecular weight is 328 g/mol. The Morgan fingerprint density at radius 3 is 2.79 bits per heavy atom. The fraction of sp³-hybridized carbons (Fsp3) is 0.389. The Balaban J connectivity index is 1.95. The van der Waals surface area contributed by atoms with E-state index in [9.17, 15) is 19.5 Å². The molecule has 1 aliphatic heterocycles. The monoisotopic (exact) mass is 328 g/mol. The van der Waals surface area contributed by atoms with E-state index in [0.29, 0.717) is 31.3 Å². The van der Waals surface area contributed by atoms with Crippen molar-refractivity contribution >= 4 is 22.8 Å². The first-order valence-electron chi connectivity index (χ1n) is 8.11. The van der Waals surface area contributed by atoms with Crippen LogP contribution < -0.4 is 5.56 Å². The highest BCUT2D eigenvalue weighted by Gasteiger charge is 2.42. The number of rotatable bonds is 3. The summed E-state index contributed by atoms with van der Waals surface area (Å²) in [5.74, 6) is -1.28. The summed E-state index contributed by atoms with van der Waals surface area (Å²) < 4.78 is 0. The highest BCUT2D eigenvalue weighted by molar-refractivity contribution is 5.97. The van der Waals surface area contributed by atoms with Crippen LogP contribution in [0.5, 0.6) is 0 Å². The number of nitrogens with one attached hydrogen (secondary N) is 1. The van der Waals surface area contributed by atoms with Crippen molar-refractivity contribution in [3.05, 3.63) is 46.2 Å². The molecule has 0 bridgehead atoms. The van der Waals surface area contributed by atoms with E-state index in [-0.39, 0.29) is 12.1 Å². The lowest BCUT2D eigenvalue weighted by atomic mass is 9.77. The fourth-order valence-corrected chi connectivity index (χ4v) is 3.40. The maximum absolute atomic E-state index is 12.8. The largest absolute Gasteiger partial charge is 0.481 e. The smallest absolute Gasteiger partial charge is 0.311 e. The van der Waals surface area contributed by atoms with Crippen molar-refractivity contribution in [2.75, 3.05) is 13.1 Å². The van der Waals surface area contributed by atoms with Crippen molar-refractivity contribution in [3.8, 4) is 0 Å². The van der Waals surface area contributed by atoms with Gasteiger partial charge >= 0.3 is 5.97 Å². The predicted octanol–water partition coefficient (Wildman–Crippen LogP) is 2.25. The van der Waals surface area contributed by atoms with Crippen LogP contribution in [-0.2, 0) is 4.79 Å². The van der Waals surface area contributed by atoms with Gasteiger partial charge in [0.2, 0.25) is 0 Å². The first-order valence-corrected chi connectivity index (χ1v) is 8.11. The molecule has 126 valence electrons. The highest BCUT2D eigenvalue weighted by atomic mass is 16.4. The summed E-state index contributed by atoms with van der Waals surface area (Å²) in [6.45, 7) is 2.44. The summed E-state index contributed by atoms with van der Waals surface area (Å²) in [5, 5.41) is 10.3. The second-order valence-corrected chi connectivity index (χ2v) is 6.37. The van der Waals surface area contributed by atoms with E-state index in [1.54, 1.807) is 12.1 Å². The van der Waals surface area contributed by atoms with E-state index in [2.05, 4.69) is 4.98 Å². The minimum atomic E-state index is -0.919. The third-order valence-corrected chi connectivity index (χ3v) is 4.98. The second-order valence-electron chi connectivity index (χ2n) is 6.37. The minimum Gasteiger partial charge on any atom is -0.481 e. The molecule has 1 aromatic heterocycles. The van der Waals surface area contributed by atoms with Gasteiger partial charge in [-0.1, -0.05) is 25.1 Å². The summed E-state index contributed by atoms with van der Waals surface area (Å²) in [5.41, 5.74) is -0.629. The molecule has 1 aliphatic rings. The van der Waals surface area contributed by atoms with Crippen molar-refractivity contribution in [2.45, 2.75) is 26.2 Å². The molecule has 0 saturated carbocycles. The van der Waals surface area contributed by atoms with Gasteiger partial charge in [-0.15, -0.1) is 0 Å². The van der Waals surface area contributed by atoms with Gasteiger partial charge in [0.1, 0.15) is 5.56 Å². The molecule has 0 aliphatic carbocycles. The lowest BCUT2D eigenvalue weighted by molar-refractivity contribution is -0.152. The highest BCUT2D eigenvalue weighted by Crippen LogP contribution is 2.34. The second kappa shape index (κ2) is 6.11. The Morgan fingerprint density at radius 2 is 2.08 bits per heavy atom. The molecule has 2 aromatic rings. The number of aromatic nitrogens is 1. The number of carboxylic acids is 1. The summed E-state index contributed by atoms with van der Waals surface area (Å²) in [6.07, 6.45) is 1.63. The molecule has 1 saturated heterocycles. The molecule has 0 spiro atoms. The number of hydrogen-bond acceptors (Lipinski definition) is 3. The predicted molar refractivity (Wildman–Crippen MR) is 90.1 cm³/mol. The first-order chi connectivity index (χ1) is 11.5. The third kappa shape index (κ3) is 2.68. The molecule has 1 fully saturated rings. The standard InChI is InChI=1S/C18H20N2O4/c1-2-18(17(23)24)8-5-9-20(11-18)16(22)13-10-12-6-3-4-7-14(12)19-15(13)21/h3-4,6-7,10H,2,5,8-9,11H2,1H3,(H,19,21)(H,23,24)/t18-/m0/s1. The van der Waals surface area contributed by atoms with Gasteiger partial charge in [0, 0.05) is 18.6 Å². The number of aromatic amines is 1. The number of para-hydroxylation sites is 1. The van der Waals surface area contributed by atoms with Crippen molar-refractivity contribution < 1.29 is 14.7 Å². The van der Waals surface area contributed by atoms with Crippen LogP contribution in [0.3, 0.4) is 0 Å². The summed E-state index contributed by atoms with van der Waals surface area (Å²) in [6, 6.07) is 8.83. The number of carbonyl (C=O) groups is 2. The zero-order chi connectivity index (χ0) is 17.3. The normalized spacial score (nSPS) is 21.0. The number of amides is 1. The van der Waals surface area contributed by atoms with Crippen LogP contribution in [0.1, 0.15) is 36.5 Å². The molecule has 0 radical (unpaired) electrons. The molecule has 2 heterocycles. The average Bonchev–Trinajstić information content (AvgIpc) is 2.60. The van der Waals surface area contributed by atoms with Crippen LogP contribution in [-0.4, -0.2) is 40.0 Å². The number of hydrogen-bond donors (Lipinski definition) is 2. The quantitative estimate of drug-likeness (QED) is 0.904. The first kappa shape index (κ1) is 16.2. The van der Waals surface area contributed by atoms with Crippen molar-refractivity contribution in [1.29, 1.82) is 0 Å². The number of likely N-dealkylation sites (tertiary alicyclic amines) is 1. The number of carboxylic acid groups (broad SMARTS) is 1. The molecular formula is C18H20N2O4. The van der Waals surface area contributed by atoms with E-state index < -0.39 is 22.9 Å². The fourth-order valence-electron chi connectivity index (χ4n) is 3.40. The Bertz CT molecular complexity index is 857. The summed E-state index contributed by atoms with van der Waals surface area (Å²) >= 11 is 0. The van der Waals surface area contributed by atoms with E-state index in [1.165, 1.54) is 4.90 Å². The van der Waals surface area contributed by atoms with Crippen LogP contribution in [0.4, 0.5) is 0 Å². The van der Waals surface area contributed by atoms with E-state index >= 15 is 0 Å².